The van der Waals surface area contributed by atoms with E-state index in [1.165, 1.54) is 18.5 Å². The lowest BCUT2D eigenvalue weighted by Crippen LogP contribution is -2.44. The maximum atomic E-state index is 4.70. The molecule has 0 radical (unpaired) electrons. The molecule has 6 nitrogen and oxygen atoms in total. The molecule has 1 heterocycles. The SMILES string of the molecule is CCNC(=NCCCn1nc(C)cc1C)NCCN(C(C)C)C1CC1.I. The first-order valence-corrected chi connectivity index (χ1v) is 9.80. The van der Waals surface area contributed by atoms with Gasteiger partial charge in [-0.25, -0.2) is 0 Å². The lowest BCUT2D eigenvalue weighted by Gasteiger charge is -2.26. The minimum Gasteiger partial charge on any atom is -0.357 e. The number of aliphatic imine (C=N–C) groups is 1. The number of aromatic nitrogens is 2. The van der Waals surface area contributed by atoms with Gasteiger partial charge in [0, 0.05) is 50.5 Å². The predicted octanol–water partition coefficient (Wildman–Crippen LogP) is 2.94. The van der Waals surface area contributed by atoms with Crippen LogP contribution in [0.3, 0.4) is 0 Å². The maximum absolute atomic E-state index is 4.70. The van der Waals surface area contributed by atoms with Crippen molar-refractivity contribution in [2.24, 2.45) is 4.99 Å². The van der Waals surface area contributed by atoms with Gasteiger partial charge in [-0.2, -0.15) is 5.10 Å². The van der Waals surface area contributed by atoms with E-state index < -0.39 is 0 Å². The largest absolute Gasteiger partial charge is 0.357 e. The van der Waals surface area contributed by atoms with Gasteiger partial charge in [-0.1, -0.05) is 0 Å². The summed E-state index contributed by atoms with van der Waals surface area (Å²) in [5, 5.41) is 11.3. The third-order valence-electron chi connectivity index (χ3n) is 4.59. The molecule has 0 aliphatic heterocycles. The summed E-state index contributed by atoms with van der Waals surface area (Å²) in [6.45, 7) is 15.5. The van der Waals surface area contributed by atoms with Crippen LogP contribution in [-0.2, 0) is 6.54 Å². The van der Waals surface area contributed by atoms with Crippen molar-refractivity contribution < 1.29 is 0 Å². The monoisotopic (exact) mass is 476 g/mol. The van der Waals surface area contributed by atoms with E-state index in [4.69, 9.17) is 4.99 Å². The van der Waals surface area contributed by atoms with E-state index in [-0.39, 0.29) is 24.0 Å². The Morgan fingerprint density at radius 2 is 2.08 bits per heavy atom. The molecule has 1 aromatic heterocycles. The molecular formula is C19H37IN6. The van der Waals surface area contributed by atoms with Crippen LogP contribution in [0.2, 0.25) is 0 Å². The zero-order chi connectivity index (χ0) is 18.2. The summed E-state index contributed by atoms with van der Waals surface area (Å²) in [5.74, 6) is 0.926. The molecule has 1 fully saturated rings. The second kappa shape index (κ2) is 11.8. The molecule has 150 valence electrons. The molecule has 0 saturated heterocycles. The number of rotatable bonds is 10. The van der Waals surface area contributed by atoms with E-state index in [9.17, 15) is 0 Å². The van der Waals surface area contributed by atoms with Gasteiger partial charge in [0.15, 0.2) is 5.96 Å². The molecule has 0 atom stereocenters. The standard InChI is InChI=1S/C19H36N6.HI/c1-6-20-19(22-11-13-24(15(2)3)18-8-9-18)21-10-7-12-25-17(5)14-16(4)23-25;/h14-15,18H,6-13H2,1-5H3,(H2,20,21,22);1H. The second-order valence-corrected chi connectivity index (χ2v) is 7.25. The summed E-state index contributed by atoms with van der Waals surface area (Å²) >= 11 is 0. The van der Waals surface area contributed by atoms with Crippen molar-refractivity contribution in [3.63, 3.8) is 0 Å². The van der Waals surface area contributed by atoms with Gasteiger partial charge in [0.25, 0.3) is 0 Å². The number of hydrogen-bond donors (Lipinski definition) is 2. The molecule has 0 unspecified atom stereocenters. The Morgan fingerprint density at radius 1 is 1.35 bits per heavy atom. The van der Waals surface area contributed by atoms with Crippen LogP contribution in [-0.4, -0.2) is 58.9 Å². The van der Waals surface area contributed by atoms with Crippen LogP contribution in [0, 0.1) is 13.8 Å². The highest BCUT2D eigenvalue weighted by atomic mass is 127. The van der Waals surface area contributed by atoms with Crippen LogP contribution >= 0.6 is 24.0 Å². The summed E-state index contributed by atoms with van der Waals surface area (Å²) in [6, 6.07) is 3.55. The van der Waals surface area contributed by atoms with Crippen LogP contribution in [0.1, 0.15) is 51.4 Å². The molecule has 2 N–H and O–H groups in total. The number of aryl methyl sites for hydroxylation is 3. The molecule has 1 aliphatic carbocycles. The van der Waals surface area contributed by atoms with E-state index in [0.717, 1.165) is 56.8 Å². The van der Waals surface area contributed by atoms with Gasteiger partial charge >= 0.3 is 0 Å². The third kappa shape index (κ3) is 7.82. The summed E-state index contributed by atoms with van der Waals surface area (Å²) in [6.07, 6.45) is 3.72. The highest BCUT2D eigenvalue weighted by Crippen LogP contribution is 2.27. The molecule has 2 rings (SSSR count). The van der Waals surface area contributed by atoms with Crippen molar-refractivity contribution in [1.29, 1.82) is 0 Å². The van der Waals surface area contributed by atoms with E-state index in [1.54, 1.807) is 0 Å². The molecule has 0 amide bonds. The van der Waals surface area contributed by atoms with Gasteiger partial charge in [0.1, 0.15) is 0 Å². The Morgan fingerprint density at radius 3 is 2.62 bits per heavy atom. The van der Waals surface area contributed by atoms with Gasteiger partial charge in [-0.3, -0.25) is 14.6 Å². The van der Waals surface area contributed by atoms with Crippen molar-refractivity contribution in [3.8, 4) is 0 Å². The van der Waals surface area contributed by atoms with Gasteiger partial charge in [-0.05, 0) is 59.9 Å². The number of guanidine groups is 1. The molecule has 7 heteroatoms. The predicted molar refractivity (Wildman–Crippen MR) is 121 cm³/mol. The lowest BCUT2D eigenvalue weighted by molar-refractivity contribution is 0.215. The molecule has 0 bridgehead atoms. The first-order chi connectivity index (χ1) is 12.0. The quantitative estimate of drug-likeness (QED) is 0.236. The molecule has 1 aromatic rings. The second-order valence-electron chi connectivity index (χ2n) is 7.25. The summed E-state index contributed by atoms with van der Waals surface area (Å²) in [7, 11) is 0. The smallest absolute Gasteiger partial charge is 0.191 e. The lowest BCUT2D eigenvalue weighted by atomic mass is 10.3. The molecular weight excluding hydrogens is 439 g/mol. The van der Waals surface area contributed by atoms with E-state index in [1.807, 2.05) is 6.92 Å². The van der Waals surface area contributed by atoms with Crippen LogP contribution in [0.5, 0.6) is 0 Å². The Hall–Kier alpha value is -0.830. The topological polar surface area (TPSA) is 57.5 Å². The van der Waals surface area contributed by atoms with Gasteiger partial charge < -0.3 is 10.6 Å². The number of nitrogens with zero attached hydrogens (tertiary/aromatic N) is 4. The van der Waals surface area contributed by atoms with Crippen LogP contribution in [0.4, 0.5) is 0 Å². The fraction of sp³-hybridized carbons (Fsp3) is 0.789. The van der Waals surface area contributed by atoms with Gasteiger partial charge in [0.05, 0.1) is 5.69 Å². The third-order valence-corrected chi connectivity index (χ3v) is 4.59. The van der Waals surface area contributed by atoms with Crippen molar-refractivity contribution in [1.82, 2.24) is 25.3 Å². The zero-order valence-electron chi connectivity index (χ0n) is 17.1. The van der Waals surface area contributed by atoms with Crippen molar-refractivity contribution in [2.45, 2.75) is 72.5 Å². The summed E-state index contributed by atoms with van der Waals surface area (Å²) in [5.41, 5.74) is 2.31. The number of hydrogen-bond acceptors (Lipinski definition) is 3. The average molecular weight is 476 g/mol. The maximum Gasteiger partial charge on any atom is 0.191 e. The minimum atomic E-state index is 0. The highest BCUT2D eigenvalue weighted by molar-refractivity contribution is 14.0. The van der Waals surface area contributed by atoms with Crippen molar-refractivity contribution in [3.05, 3.63) is 17.5 Å². The Labute approximate surface area is 176 Å². The van der Waals surface area contributed by atoms with Gasteiger partial charge in [-0.15, -0.1) is 24.0 Å². The Bertz CT molecular complexity index is 548. The van der Waals surface area contributed by atoms with Crippen LogP contribution in [0.25, 0.3) is 0 Å². The fourth-order valence-electron chi connectivity index (χ4n) is 3.23. The fourth-order valence-corrected chi connectivity index (χ4v) is 3.23. The molecule has 0 spiro atoms. The normalized spacial score (nSPS) is 14.7. The van der Waals surface area contributed by atoms with Crippen molar-refractivity contribution >= 4 is 29.9 Å². The Kier molecular flexibility index (Phi) is 10.5. The zero-order valence-corrected chi connectivity index (χ0v) is 19.4. The Balaban J connectivity index is 0.00000338. The van der Waals surface area contributed by atoms with E-state index in [0.29, 0.717) is 6.04 Å². The average Bonchev–Trinajstić information content (AvgIpc) is 3.33. The molecule has 1 aliphatic rings. The first-order valence-electron chi connectivity index (χ1n) is 9.80. The van der Waals surface area contributed by atoms with Crippen LogP contribution < -0.4 is 10.6 Å². The van der Waals surface area contributed by atoms with E-state index in [2.05, 4.69) is 59.1 Å². The number of halogens is 1. The summed E-state index contributed by atoms with van der Waals surface area (Å²) in [4.78, 5) is 7.30. The molecule has 1 saturated carbocycles. The van der Waals surface area contributed by atoms with E-state index >= 15 is 0 Å². The number of nitrogens with one attached hydrogen (secondary N) is 2. The summed E-state index contributed by atoms with van der Waals surface area (Å²) < 4.78 is 2.07. The molecule has 0 aromatic carbocycles. The minimum absolute atomic E-state index is 0. The van der Waals surface area contributed by atoms with Crippen molar-refractivity contribution in [2.75, 3.05) is 26.2 Å². The highest BCUT2D eigenvalue weighted by Gasteiger charge is 2.30. The van der Waals surface area contributed by atoms with Crippen LogP contribution in [0.15, 0.2) is 11.1 Å². The van der Waals surface area contributed by atoms with Gasteiger partial charge in [0.2, 0.25) is 0 Å². The first kappa shape index (κ1) is 23.2. The molecule has 26 heavy (non-hydrogen) atoms.